The van der Waals surface area contributed by atoms with E-state index in [1.54, 1.807) is 18.3 Å². The van der Waals surface area contributed by atoms with Crippen molar-refractivity contribution in [3.63, 3.8) is 0 Å². The number of pyridine rings is 1. The molecule has 1 aromatic heterocycles. The van der Waals surface area contributed by atoms with Gasteiger partial charge in [0.15, 0.2) is 0 Å². The summed E-state index contributed by atoms with van der Waals surface area (Å²) in [5, 5.41) is 0.516. The van der Waals surface area contributed by atoms with Crippen LogP contribution in [0.1, 0.15) is 0 Å². The Morgan fingerprint density at radius 3 is 2.50 bits per heavy atom. The van der Waals surface area contributed by atoms with Gasteiger partial charge in [-0.3, -0.25) is 4.98 Å². The van der Waals surface area contributed by atoms with Gasteiger partial charge in [-0.25, -0.2) is 0 Å². The van der Waals surface area contributed by atoms with E-state index < -0.39 is 0 Å². The smallest absolute Gasteiger partial charge is 0.0248 e. The van der Waals surface area contributed by atoms with Crippen molar-refractivity contribution in [2.24, 2.45) is 0 Å². The van der Waals surface area contributed by atoms with Crippen molar-refractivity contribution in [3.8, 4) is 0 Å². The van der Waals surface area contributed by atoms with Crippen molar-refractivity contribution in [3.05, 3.63) is 18.3 Å². The summed E-state index contributed by atoms with van der Waals surface area (Å²) in [6.07, 6.45) is 1.64. The van der Waals surface area contributed by atoms with Gasteiger partial charge < -0.3 is 25.3 Å². The maximum Gasteiger partial charge on any atom is 0.0248 e. The van der Waals surface area contributed by atoms with Gasteiger partial charge in [0.2, 0.25) is 0 Å². The number of hydrogen-bond donors (Lipinski definition) is 0. The SMILES string of the molecule is [S-]c1cccnc1[S-]. The average Bonchev–Trinajstić information content (AvgIpc) is 1.77. The summed E-state index contributed by atoms with van der Waals surface area (Å²) in [5.74, 6) is 0. The molecule has 0 amide bonds. The van der Waals surface area contributed by atoms with E-state index in [4.69, 9.17) is 25.3 Å². The monoisotopic (exact) mass is 141 g/mol. The molecule has 1 nitrogen and oxygen atoms in total. The zero-order valence-electron chi connectivity index (χ0n) is 4.00. The molecule has 8 heavy (non-hydrogen) atoms. The first kappa shape index (κ1) is 5.72. The normalized spacial score (nSPS) is 9.00. The second-order valence-corrected chi connectivity index (χ2v) is 2.13. The van der Waals surface area contributed by atoms with Crippen LogP contribution in [-0.4, -0.2) is 4.98 Å². The third-order valence-corrected chi connectivity index (χ3v) is 1.52. The molecule has 0 aliphatic rings. The zero-order chi connectivity index (χ0) is 5.98. The predicted molar refractivity (Wildman–Crippen MR) is 35.5 cm³/mol. The molecular formula is C5H3NS2-2. The molecule has 0 saturated heterocycles. The van der Waals surface area contributed by atoms with Crippen molar-refractivity contribution in [1.82, 2.24) is 4.98 Å². The van der Waals surface area contributed by atoms with Gasteiger partial charge in [-0.05, 0) is 6.07 Å². The maximum absolute atomic E-state index is 4.79. The first-order valence-electron chi connectivity index (χ1n) is 2.10. The molecule has 0 bridgehead atoms. The van der Waals surface area contributed by atoms with Crippen LogP contribution in [-0.2, 0) is 25.3 Å². The van der Waals surface area contributed by atoms with E-state index in [2.05, 4.69) is 4.98 Å². The van der Waals surface area contributed by atoms with E-state index in [0.717, 1.165) is 0 Å². The molecule has 1 aromatic rings. The Labute approximate surface area is 59.0 Å². The minimum absolute atomic E-state index is 0.516. The van der Waals surface area contributed by atoms with Crippen LogP contribution in [0.2, 0.25) is 0 Å². The Morgan fingerprint density at radius 2 is 2.12 bits per heavy atom. The highest BCUT2D eigenvalue weighted by molar-refractivity contribution is 7.62. The second kappa shape index (κ2) is 2.24. The van der Waals surface area contributed by atoms with Crippen molar-refractivity contribution in [2.75, 3.05) is 0 Å². The van der Waals surface area contributed by atoms with Gasteiger partial charge in [0.05, 0.1) is 0 Å². The Morgan fingerprint density at radius 1 is 1.38 bits per heavy atom. The molecule has 0 N–H and O–H groups in total. The van der Waals surface area contributed by atoms with Crippen LogP contribution in [0.5, 0.6) is 0 Å². The van der Waals surface area contributed by atoms with Crippen molar-refractivity contribution < 1.29 is 0 Å². The molecule has 0 radical (unpaired) electrons. The van der Waals surface area contributed by atoms with E-state index in [0.29, 0.717) is 9.92 Å². The highest BCUT2D eigenvalue weighted by atomic mass is 32.1. The molecule has 0 unspecified atom stereocenters. The fourth-order valence-electron chi connectivity index (χ4n) is 0.376. The third-order valence-electron chi connectivity index (χ3n) is 0.736. The second-order valence-electron chi connectivity index (χ2n) is 1.31. The lowest BCUT2D eigenvalue weighted by molar-refractivity contribution is 1.04. The molecule has 0 aliphatic heterocycles. The molecule has 0 spiro atoms. The minimum atomic E-state index is 0.516. The van der Waals surface area contributed by atoms with Gasteiger partial charge in [-0.15, -0.1) is 5.03 Å². The van der Waals surface area contributed by atoms with E-state index >= 15 is 0 Å². The van der Waals surface area contributed by atoms with Crippen LogP contribution in [0.4, 0.5) is 0 Å². The molecule has 3 heteroatoms. The highest BCUT2D eigenvalue weighted by Crippen LogP contribution is 1.99. The lowest BCUT2D eigenvalue weighted by atomic mass is 10.5. The Hall–Kier alpha value is -0.410. The Bertz CT molecular complexity index is 167. The molecule has 0 atom stereocenters. The fraction of sp³-hybridized carbons (Fsp3) is 0. The van der Waals surface area contributed by atoms with Crippen LogP contribution in [0, 0.1) is 0 Å². The molecule has 0 saturated carbocycles. The summed E-state index contributed by atoms with van der Waals surface area (Å²) in [5.41, 5.74) is 0. The quantitative estimate of drug-likeness (QED) is 0.498. The first-order chi connectivity index (χ1) is 3.80. The summed E-state index contributed by atoms with van der Waals surface area (Å²) < 4.78 is 0. The van der Waals surface area contributed by atoms with Crippen LogP contribution < -0.4 is 0 Å². The molecular weight excluding hydrogens is 138 g/mol. The number of nitrogens with zero attached hydrogens (tertiary/aromatic N) is 1. The van der Waals surface area contributed by atoms with Gasteiger partial charge in [0, 0.05) is 6.20 Å². The van der Waals surface area contributed by atoms with Crippen molar-refractivity contribution in [2.45, 2.75) is 9.92 Å². The molecule has 0 aromatic carbocycles. The minimum Gasteiger partial charge on any atom is -0.780 e. The van der Waals surface area contributed by atoms with Gasteiger partial charge in [0.25, 0.3) is 0 Å². The molecule has 0 aliphatic carbocycles. The largest absolute Gasteiger partial charge is 0.780 e. The predicted octanol–water partition coefficient (Wildman–Crippen LogP) is 0.893. The van der Waals surface area contributed by atoms with Gasteiger partial charge in [0.1, 0.15) is 0 Å². The van der Waals surface area contributed by atoms with E-state index in [1.165, 1.54) is 0 Å². The van der Waals surface area contributed by atoms with Gasteiger partial charge in [-0.2, -0.15) is 4.90 Å². The van der Waals surface area contributed by atoms with Crippen LogP contribution >= 0.6 is 0 Å². The standard InChI is InChI=1S/C5H5NS2/c7-4-2-1-3-6-5(4)8/h1-3,7H,(H,6,8)/p-2. The summed E-state index contributed by atoms with van der Waals surface area (Å²) >= 11 is 9.52. The molecule has 1 heterocycles. The zero-order valence-corrected chi connectivity index (χ0v) is 5.63. The summed E-state index contributed by atoms with van der Waals surface area (Å²) in [7, 11) is 0. The van der Waals surface area contributed by atoms with Gasteiger partial charge in [-0.1, -0.05) is 6.07 Å². The Balaban J connectivity index is 3.13. The summed E-state index contributed by atoms with van der Waals surface area (Å²) in [6.45, 7) is 0. The number of rotatable bonds is 0. The van der Waals surface area contributed by atoms with Crippen molar-refractivity contribution >= 4 is 25.3 Å². The van der Waals surface area contributed by atoms with E-state index in [9.17, 15) is 0 Å². The highest BCUT2D eigenvalue weighted by Gasteiger charge is 1.69. The average molecular weight is 141 g/mol. The van der Waals surface area contributed by atoms with Crippen LogP contribution in [0.15, 0.2) is 28.3 Å². The van der Waals surface area contributed by atoms with Crippen molar-refractivity contribution in [1.29, 1.82) is 0 Å². The number of hydrogen-bond acceptors (Lipinski definition) is 3. The fourth-order valence-corrected chi connectivity index (χ4v) is 0.636. The van der Waals surface area contributed by atoms with Gasteiger partial charge >= 0.3 is 0 Å². The molecule has 1 rings (SSSR count). The summed E-state index contributed by atoms with van der Waals surface area (Å²) in [4.78, 5) is 4.44. The molecule has 42 valence electrons. The maximum atomic E-state index is 4.79. The van der Waals surface area contributed by atoms with Crippen LogP contribution in [0.3, 0.4) is 0 Å². The topological polar surface area (TPSA) is 12.9 Å². The Kier molecular flexibility index (Phi) is 1.60. The van der Waals surface area contributed by atoms with E-state index in [-0.39, 0.29) is 0 Å². The third kappa shape index (κ3) is 1.05. The first-order valence-corrected chi connectivity index (χ1v) is 2.91. The molecule has 0 fully saturated rings. The lowest BCUT2D eigenvalue weighted by Gasteiger charge is -2.14. The van der Waals surface area contributed by atoms with Crippen LogP contribution in [0.25, 0.3) is 0 Å². The van der Waals surface area contributed by atoms with E-state index in [1.807, 2.05) is 0 Å². The lowest BCUT2D eigenvalue weighted by Crippen LogP contribution is -1.80. The summed E-state index contributed by atoms with van der Waals surface area (Å²) in [6, 6.07) is 3.54. The number of aromatic nitrogens is 1.